The average molecular weight is 282 g/mol. The van der Waals surface area contributed by atoms with E-state index in [1.54, 1.807) is 17.5 Å². The number of benzene rings is 1. The van der Waals surface area contributed by atoms with Gasteiger partial charge in [0.1, 0.15) is 0 Å². The van der Waals surface area contributed by atoms with Crippen molar-refractivity contribution in [2.24, 2.45) is 0 Å². The SMILES string of the molecule is O=C(/C=C(/c1ccccc1)C(F)(F)F)c1cccs1. The van der Waals surface area contributed by atoms with E-state index in [2.05, 4.69) is 0 Å². The number of thiophene rings is 1. The lowest BCUT2D eigenvalue weighted by Gasteiger charge is -2.11. The molecule has 0 aliphatic rings. The van der Waals surface area contributed by atoms with Crippen LogP contribution in [-0.4, -0.2) is 12.0 Å². The van der Waals surface area contributed by atoms with Gasteiger partial charge in [0.05, 0.1) is 10.5 Å². The molecule has 0 N–H and O–H groups in total. The van der Waals surface area contributed by atoms with Crippen LogP contribution in [0.3, 0.4) is 0 Å². The molecule has 2 rings (SSSR count). The molecule has 1 heterocycles. The van der Waals surface area contributed by atoms with Gasteiger partial charge in [-0.15, -0.1) is 11.3 Å². The van der Waals surface area contributed by atoms with Crippen molar-refractivity contribution in [3.8, 4) is 0 Å². The topological polar surface area (TPSA) is 17.1 Å². The predicted molar refractivity (Wildman–Crippen MR) is 69.1 cm³/mol. The van der Waals surface area contributed by atoms with Gasteiger partial charge in [0.15, 0.2) is 5.78 Å². The highest BCUT2D eigenvalue weighted by Crippen LogP contribution is 2.34. The molecular weight excluding hydrogens is 273 g/mol. The van der Waals surface area contributed by atoms with Crippen LogP contribution in [0.15, 0.2) is 53.9 Å². The van der Waals surface area contributed by atoms with Gasteiger partial charge in [0.2, 0.25) is 0 Å². The van der Waals surface area contributed by atoms with Gasteiger partial charge < -0.3 is 0 Å². The summed E-state index contributed by atoms with van der Waals surface area (Å²) in [6.45, 7) is 0. The second kappa shape index (κ2) is 5.40. The predicted octanol–water partition coefficient (Wildman–Crippen LogP) is 4.58. The van der Waals surface area contributed by atoms with Gasteiger partial charge in [0, 0.05) is 0 Å². The Morgan fingerprint density at radius 2 is 1.74 bits per heavy atom. The van der Waals surface area contributed by atoms with E-state index in [9.17, 15) is 18.0 Å². The van der Waals surface area contributed by atoms with Gasteiger partial charge in [0.25, 0.3) is 0 Å². The van der Waals surface area contributed by atoms with E-state index in [0.29, 0.717) is 6.08 Å². The molecule has 0 aliphatic carbocycles. The first-order valence-corrected chi connectivity index (χ1v) is 6.28. The van der Waals surface area contributed by atoms with Crippen molar-refractivity contribution >= 4 is 22.7 Å². The summed E-state index contributed by atoms with van der Waals surface area (Å²) < 4.78 is 39.0. The molecule has 19 heavy (non-hydrogen) atoms. The Hall–Kier alpha value is -1.88. The summed E-state index contributed by atoms with van der Waals surface area (Å²) in [6, 6.07) is 10.4. The van der Waals surface area contributed by atoms with E-state index in [1.807, 2.05) is 0 Å². The van der Waals surface area contributed by atoms with E-state index in [1.165, 1.54) is 30.3 Å². The number of ketones is 1. The summed E-state index contributed by atoms with van der Waals surface area (Å²) in [5.74, 6) is -0.633. The fourth-order valence-corrected chi connectivity index (χ4v) is 2.20. The van der Waals surface area contributed by atoms with Crippen molar-refractivity contribution in [2.75, 3.05) is 0 Å². The van der Waals surface area contributed by atoms with Crippen LogP contribution in [0, 0.1) is 0 Å². The maximum Gasteiger partial charge on any atom is 0.417 e. The van der Waals surface area contributed by atoms with Crippen LogP contribution in [0.2, 0.25) is 0 Å². The second-order valence-electron chi connectivity index (χ2n) is 3.76. The van der Waals surface area contributed by atoms with Gasteiger partial charge in [-0.1, -0.05) is 36.4 Å². The maximum absolute atomic E-state index is 13.0. The molecule has 0 fully saturated rings. The summed E-state index contributed by atoms with van der Waals surface area (Å²) in [7, 11) is 0. The summed E-state index contributed by atoms with van der Waals surface area (Å²) in [6.07, 6.45) is -3.91. The van der Waals surface area contributed by atoms with E-state index in [-0.39, 0.29) is 10.4 Å². The minimum absolute atomic E-state index is 0.0140. The lowest BCUT2D eigenvalue weighted by atomic mass is 10.0. The minimum Gasteiger partial charge on any atom is -0.288 e. The zero-order chi connectivity index (χ0) is 13.9. The van der Waals surface area contributed by atoms with Crippen LogP contribution in [0.1, 0.15) is 15.2 Å². The summed E-state index contributed by atoms with van der Waals surface area (Å²) in [5, 5.41) is 1.65. The highest BCUT2D eigenvalue weighted by molar-refractivity contribution is 7.12. The number of allylic oxidation sites excluding steroid dienone is 2. The van der Waals surface area contributed by atoms with Crippen molar-refractivity contribution in [3.63, 3.8) is 0 Å². The molecule has 0 saturated heterocycles. The van der Waals surface area contributed by atoms with E-state index in [4.69, 9.17) is 0 Å². The third-order valence-corrected chi connectivity index (χ3v) is 3.31. The van der Waals surface area contributed by atoms with Crippen LogP contribution < -0.4 is 0 Å². The number of carbonyl (C=O) groups is 1. The summed E-state index contributed by atoms with van der Waals surface area (Å²) >= 11 is 1.12. The fraction of sp³-hybridized carbons (Fsp3) is 0.0714. The Morgan fingerprint density at radius 1 is 1.05 bits per heavy atom. The van der Waals surface area contributed by atoms with Crippen molar-refractivity contribution in [1.29, 1.82) is 0 Å². The number of halogens is 3. The van der Waals surface area contributed by atoms with Crippen molar-refractivity contribution < 1.29 is 18.0 Å². The Labute approximate surface area is 112 Å². The Kier molecular flexibility index (Phi) is 3.85. The molecule has 0 atom stereocenters. The summed E-state index contributed by atoms with van der Waals surface area (Å²) in [4.78, 5) is 12.1. The molecule has 1 aromatic heterocycles. The number of carbonyl (C=O) groups excluding carboxylic acids is 1. The normalized spacial score (nSPS) is 12.5. The Balaban J connectivity index is 2.42. The van der Waals surface area contributed by atoms with Crippen molar-refractivity contribution in [3.05, 3.63) is 64.4 Å². The third kappa shape index (κ3) is 3.32. The Bertz CT molecular complexity index is 583. The number of alkyl halides is 3. The molecule has 0 radical (unpaired) electrons. The van der Waals surface area contributed by atoms with E-state index in [0.717, 1.165) is 11.3 Å². The first-order chi connectivity index (χ1) is 8.98. The van der Waals surface area contributed by atoms with Crippen LogP contribution in [0.25, 0.3) is 5.57 Å². The van der Waals surface area contributed by atoms with Crippen LogP contribution in [0.5, 0.6) is 0 Å². The molecule has 0 unspecified atom stereocenters. The molecule has 2 aromatic rings. The monoisotopic (exact) mass is 282 g/mol. The van der Waals surface area contributed by atoms with Gasteiger partial charge >= 0.3 is 6.18 Å². The first kappa shape index (κ1) is 13.5. The highest BCUT2D eigenvalue weighted by Gasteiger charge is 2.35. The number of hydrogen-bond donors (Lipinski definition) is 0. The zero-order valence-electron chi connectivity index (χ0n) is 9.65. The number of hydrogen-bond acceptors (Lipinski definition) is 2. The standard InChI is InChI=1S/C14H9F3OS/c15-14(16,17)11(10-5-2-1-3-6-10)9-12(18)13-7-4-8-19-13/h1-9H/b11-9-. The minimum atomic E-state index is -4.56. The Morgan fingerprint density at radius 3 is 2.26 bits per heavy atom. The second-order valence-corrected chi connectivity index (χ2v) is 4.71. The molecule has 5 heteroatoms. The third-order valence-electron chi connectivity index (χ3n) is 2.43. The van der Waals surface area contributed by atoms with Crippen LogP contribution in [-0.2, 0) is 0 Å². The quantitative estimate of drug-likeness (QED) is 0.595. The molecule has 0 aliphatic heterocycles. The molecule has 1 nitrogen and oxygen atoms in total. The highest BCUT2D eigenvalue weighted by atomic mass is 32.1. The molecule has 0 bridgehead atoms. The van der Waals surface area contributed by atoms with Gasteiger partial charge in [-0.2, -0.15) is 13.2 Å². The largest absolute Gasteiger partial charge is 0.417 e. The smallest absolute Gasteiger partial charge is 0.288 e. The van der Waals surface area contributed by atoms with Gasteiger partial charge in [-0.3, -0.25) is 4.79 Å². The molecule has 0 spiro atoms. The molecule has 98 valence electrons. The van der Waals surface area contributed by atoms with E-state index < -0.39 is 17.5 Å². The lowest BCUT2D eigenvalue weighted by Crippen LogP contribution is -2.12. The lowest BCUT2D eigenvalue weighted by molar-refractivity contribution is -0.0689. The molecule has 0 saturated carbocycles. The molecule has 1 aromatic carbocycles. The van der Waals surface area contributed by atoms with Crippen LogP contribution in [0.4, 0.5) is 13.2 Å². The van der Waals surface area contributed by atoms with Crippen molar-refractivity contribution in [1.82, 2.24) is 0 Å². The average Bonchev–Trinajstić information content (AvgIpc) is 2.89. The number of rotatable bonds is 3. The van der Waals surface area contributed by atoms with Crippen LogP contribution >= 0.6 is 11.3 Å². The zero-order valence-corrected chi connectivity index (χ0v) is 10.5. The van der Waals surface area contributed by atoms with Gasteiger partial charge in [-0.25, -0.2) is 0 Å². The van der Waals surface area contributed by atoms with Gasteiger partial charge in [-0.05, 0) is 23.1 Å². The first-order valence-electron chi connectivity index (χ1n) is 5.40. The van der Waals surface area contributed by atoms with E-state index >= 15 is 0 Å². The fourth-order valence-electron chi connectivity index (χ4n) is 1.57. The summed E-state index contributed by atoms with van der Waals surface area (Å²) in [5.41, 5.74) is -0.939. The molecule has 0 amide bonds. The molecular formula is C14H9F3OS. The van der Waals surface area contributed by atoms with Crippen molar-refractivity contribution in [2.45, 2.75) is 6.18 Å². The maximum atomic E-state index is 13.0.